The molecule has 0 saturated heterocycles. The summed E-state index contributed by atoms with van der Waals surface area (Å²) < 4.78 is 16.7. The molecular weight excluding hydrogens is 757 g/mol. The first-order valence-corrected chi connectivity index (χ1v) is 24.4. The molecule has 0 aliphatic rings. The lowest BCUT2D eigenvalue weighted by Crippen LogP contribution is -2.30. The maximum absolute atomic E-state index is 12.7. The van der Waals surface area contributed by atoms with Crippen LogP contribution in [0.4, 0.5) is 0 Å². The standard InChI is InChI=1S/C55H88O6/c1-4-7-10-13-16-19-22-25-26-27-28-31-33-36-39-42-45-48-54(57)60-51-52(61-55(58)49-46-43-40-37-34-30-24-21-18-15-12-9-6-3)50-59-53(56)47-44-41-38-35-32-29-23-20-17-14-11-8-5-2/h7,9-10,12,15-16,18-19,21,24-26,28,30-31,34,36,39,52H,4-6,8,11,13-14,17,20,22-23,27,29,32-33,35,37-38,40-51H2,1-3H3/b10-7-,12-9-,18-15-,19-16-,24-21-,26-25-,31-28-,34-30-,39-36-. The van der Waals surface area contributed by atoms with Crippen molar-refractivity contribution in [2.24, 2.45) is 0 Å². The van der Waals surface area contributed by atoms with E-state index in [1.165, 1.54) is 64.2 Å². The lowest BCUT2D eigenvalue weighted by atomic mass is 10.0. The predicted octanol–water partition coefficient (Wildman–Crippen LogP) is 16.0. The van der Waals surface area contributed by atoms with Gasteiger partial charge in [-0.1, -0.05) is 214 Å². The number of carbonyl (C=O) groups excluding carboxylic acids is 3. The third kappa shape index (κ3) is 47.0. The second-order valence-electron chi connectivity index (χ2n) is 15.7. The van der Waals surface area contributed by atoms with Gasteiger partial charge in [0, 0.05) is 19.3 Å². The minimum Gasteiger partial charge on any atom is -0.462 e. The number of rotatable bonds is 42. The predicted molar refractivity (Wildman–Crippen MR) is 260 cm³/mol. The molecule has 1 unspecified atom stereocenters. The van der Waals surface area contributed by atoms with Crippen molar-refractivity contribution < 1.29 is 28.6 Å². The summed E-state index contributed by atoms with van der Waals surface area (Å²) in [5.41, 5.74) is 0. The fourth-order valence-electron chi connectivity index (χ4n) is 6.25. The number of hydrogen-bond donors (Lipinski definition) is 0. The topological polar surface area (TPSA) is 78.9 Å². The molecule has 0 rings (SSSR count). The number of ether oxygens (including phenoxy) is 3. The Bertz CT molecular complexity index is 1290. The Hall–Kier alpha value is -3.93. The Labute approximate surface area is 374 Å². The summed E-state index contributed by atoms with van der Waals surface area (Å²) in [6, 6.07) is 0. The summed E-state index contributed by atoms with van der Waals surface area (Å²) in [4.78, 5) is 37.9. The van der Waals surface area contributed by atoms with Crippen LogP contribution in [0.15, 0.2) is 109 Å². The van der Waals surface area contributed by atoms with Crippen LogP contribution in [0.5, 0.6) is 0 Å². The molecule has 0 bridgehead atoms. The first-order chi connectivity index (χ1) is 30.0. The van der Waals surface area contributed by atoms with Crippen LogP contribution in [-0.2, 0) is 28.6 Å². The van der Waals surface area contributed by atoms with Crippen molar-refractivity contribution in [1.29, 1.82) is 0 Å². The van der Waals surface area contributed by atoms with Crippen LogP contribution in [0.25, 0.3) is 0 Å². The number of carbonyl (C=O) groups is 3. The minimum absolute atomic E-state index is 0.112. The Kier molecular flexibility index (Phi) is 45.6. The zero-order valence-electron chi connectivity index (χ0n) is 39.1. The van der Waals surface area contributed by atoms with Crippen molar-refractivity contribution in [3.63, 3.8) is 0 Å². The highest BCUT2D eigenvalue weighted by atomic mass is 16.6. The molecule has 0 aromatic rings. The number of esters is 3. The average Bonchev–Trinajstić information content (AvgIpc) is 3.26. The molecular formula is C55H88O6. The summed E-state index contributed by atoms with van der Waals surface area (Å²) in [6.45, 7) is 6.28. The van der Waals surface area contributed by atoms with Crippen molar-refractivity contribution in [3.05, 3.63) is 109 Å². The molecule has 0 aromatic carbocycles. The molecule has 344 valence electrons. The van der Waals surface area contributed by atoms with E-state index in [1.807, 2.05) is 36.5 Å². The van der Waals surface area contributed by atoms with E-state index in [-0.39, 0.29) is 44.0 Å². The summed E-state index contributed by atoms with van der Waals surface area (Å²) in [5.74, 6) is -1.02. The molecule has 0 amide bonds. The van der Waals surface area contributed by atoms with E-state index in [0.717, 1.165) is 83.5 Å². The van der Waals surface area contributed by atoms with Gasteiger partial charge in [-0.25, -0.2) is 0 Å². The van der Waals surface area contributed by atoms with E-state index < -0.39 is 6.10 Å². The molecule has 0 N–H and O–H groups in total. The van der Waals surface area contributed by atoms with Gasteiger partial charge in [-0.05, 0) is 77.0 Å². The molecule has 0 radical (unpaired) electrons. The fourth-order valence-corrected chi connectivity index (χ4v) is 6.25. The van der Waals surface area contributed by atoms with Crippen molar-refractivity contribution in [1.82, 2.24) is 0 Å². The number of hydrogen-bond acceptors (Lipinski definition) is 6. The monoisotopic (exact) mass is 845 g/mol. The van der Waals surface area contributed by atoms with Crippen LogP contribution in [0.3, 0.4) is 0 Å². The van der Waals surface area contributed by atoms with E-state index in [9.17, 15) is 14.4 Å². The van der Waals surface area contributed by atoms with E-state index in [0.29, 0.717) is 19.3 Å². The van der Waals surface area contributed by atoms with E-state index >= 15 is 0 Å². The maximum atomic E-state index is 12.7. The zero-order valence-corrected chi connectivity index (χ0v) is 39.1. The number of allylic oxidation sites excluding steroid dienone is 18. The summed E-state index contributed by atoms with van der Waals surface area (Å²) in [7, 11) is 0. The first-order valence-electron chi connectivity index (χ1n) is 24.4. The van der Waals surface area contributed by atoms with Gasteiger partial charge in [0.15, 0.2) is 6.10 Å². The molecule has 0 saturated carbocycles. The van der Waals surface area contributed by atoms with Crippen LogP contribution in [0.2, 0.25) is 0 Å². The highest BCUT2D eigenvalue weighted by Gasteiger charge is 2.19. The molecule has 0 aliphatic carbocycles. The van der Waals surface area contributed by atoms with Crippen LogP contribution >= 0.6 is 0 Å². The summed E-state index contributed by atoms with van der Waals surface area (Å²) >= 11 is 0. The largest absolute Gasteiger partial charge is 0.462 e. The second kappa shape index (κ2) is 48.7. The molecule has 0 fully saturated rings. The molecule has 0 spiro atoms. The van der Waals surface area contributed by atoms with Crippen molar-refractivity contribution in [3.8, 4) is 0 Å². The number of unbranched alkanes of at least 4 members (excludes halogenated alkanes) is 16. The average molecular weight is 845 g/mol. The lowest BCUT2D eigenvalue weighted by molar-refractivity contribution is -0.167. The van der Waals surface area contributed by atoms with Gasteiger partial charge in [0.05, 0.1) is 0 Å². The molecule has 61 heavy (non-hydrogen) atoms. The molecule has 0 heterocycles. The normalized spacial score (nSPS) is 13.0. The van der Waals surface area contributed by atoms with Gasteiger partial charge in [0.1, 0.15) is 13.2 Å². The molecule has 0 aliphatic heterocycles. The first kappa shape index (κ1) is 57.1. The van der Waals surface area contributed by atoms with Gasteiger partial charge in [-0.3, -0.25) is 14.4 Å². The Balaban J connectivity index is 4.54. The highest BCUT2D eigenvalue weighted by molar-refractivity contribution is 5.71. The van der Waals surface area contributed by atoms with Gasteiger partial charge in [0.25, 0.3) is 0 Å². The zero-order chi connectivity index (χ0) is 44.4. The maximum Gasteiger partial charge on any atom is 0.306 e. The Morgan fingerprint density at radius 2 is 0.738 bits per heavy atom. The van der Waals surface area contributed by atoms with Crippen LogP contribution in [-0.4, -0.2) is 37.2 Å². The van der Waals surface area contributed by atoms with Crippen molar-refractivity contribution in [2.75, 3.05) is 13.2 Å². The van der Waals surface area contributed by atoms with Crippen molar-refractivity contribution in [2.45, 2.75) is 207 Å². The van der Waals surface area contributed by atoms with Crippen LogP contribution in [0.1, 0.15) is 201 Å². The second-order valence-corrected chi connectivity index (χ2v) is 15.7. The van der Waals surface area contributed by atoms with Gasteiger partial charge < -0.3 is 14.2 Å². The smallest absolute Gasteiger partial charge is 0.306 e. The Morgan fingerprint density at radius 1 is 0.361 bits per heavy atom. The summed E-state index contributed by atoms with van der Waals surface area (Å²) in [5, 5.41) is 0. The van der Waals surface area contributed by atoms with Gasteiger partial charge in [-0.15, -0.1) is 0 Å². The molecule has 1 atom stereocenters. The summed E-state index contributed by atoms with van der Waals surface area (Å²) in [6.07, 6.45) is 65.0. The third-order valence-electron chi connectivity index (χ3n) is 9.87. The highest BCUT2D eigenvalue weighted by Crippen LogP contribution is 2.14. The van der Waals surface area contributed by atoms with E-state index in [1.54, 1.807) is 0 Å². The lowest BCUT2D eigenvalue weighted by Gasteiger charge is -2.18. The van der Waals surface area contributed by atoms with E-state index in [4.69, 9.17) is 14.2 Å². The van der Waals surface area contributed by atoms with Gasteiger partial charge in [-0.2, -0.15) is 0 Å². The minimum atomic E-state index is -0.820. The molecule has 0 aromatic heterocycles. The van der Waals surface area contributed by atoms with Gasteiger partial charge in [0.2, 0.25) is 0 Å². The van der Waals surface area contributed by atoms with Crippen LogP contribution < -0.4 is 0 Å². The quantitative estimate of drug-likeness (QED) is 0.0200. The Morgan fingerprint density at radius 3 is 1.25 bits per heavy atom. The third-order valence-corrected chi connectivity index (χ3v) is 9.87. The molecule has 6 nitrogen and oxygen atoms in total. The van der Waals surface area contributed by atoms with E-state index in [2.05, 4.69) is 93.7 Å². The van der Waals surface area contributed by atoms with Gasteiger partial charge >= 0.3 is 17.9 Å². The van der Waals surface area contributed by atoms with Crippen molar-refractivity contribution >= 4 is 17.9 Å². The fraction of sp³-hybridized carbons (Fsp3) is 0.618. The molecule has 6 heteroatoms. The SMILES string of the molecule is CC\C=C/C=C\C=C/C=C\CCCCCC(=O)OC(COC(=O)CCC/C=C\C/C=C\C/C=C\C/C=C\C/C=C\CC)COC(=O)CCCCCCCCCCCCCCC. The van der Waals surface area contributed by atoms with Crippen LogP contribution in [0, 0.1) is 0 Å².